The topological polar surface area (TPSA) is 18.5 Å². The minimum absolute atomic E-state index is 2.50. The maximum Gasteiger partial charge on any atom is 0.636 e. The van der Waals surface area contributed by atoms with Gasteiger partial charge in [-0.1, -0.05) is 0 Å². The number of fused-ring (bicyclic) bond motifs is 5. The van der Waals surface area contributed by atoms with Crippen LogP contribution in [0, 0.1) is 122 Å². The Labute approximate surface area is 306 Å². The maximum absolute atomic E-state index is 16.0. The van der Waals surface area contributed by atoms with Crippen LogP contribution < -0.4 is 14.8 Å². The zero-order valence-electron chi connectivity index (χ0n) is 26.6. The number of halogens is 23. The summed E-state index contributed by atoms with van der Waals surface area (Å²) < 4.78 is 353. The third-order valence-corrected chi connectivity index (χ3v) is 8.79. The molecule has 2 nitrogen and oxygen atoms in total. The van der Waals surface area contributed by atoms with Crippen LogP contribution in [-0.2, 0) is 5.92 Å². The van der Waals surface area contributed by atoms with Crippen molar-refractivity contribution < 1.29 is 110 Å². The van der Waals surface area contributed by atoms with Crippen LogP contribution in [0.25, 0.3) is 32.7 Å². The summed E-state index contributed by atoms with van der Waals surface area (Å²) in [5, 5.41) is -10.5. The van der Waals surface area contributed by atoms with Gasteiger partial charge >= 0.3 is 13.0 Å². The molecule has 1 aliphatic carbocycles. The van der Waals surface area contributed by atoms with E-state index in [1.807, 2.05) is 0 Å². The van der Waals surface area contributed by atoms with Crippen LogP contribution in [0.1, 0.15) is 11.1 Å². The van der Waals surface area contributed by atoms with Gasteiger partial charge < -0.3 is 9.31 Å². The lowest BCUT2D eigenvalue weighted by Crippen LogP contribution is -2.47. The second-order valence-corrected chi connectivity index (χ2v) is 11.8. The average Bonchev–Trinajstić information content (AvgIpc) is 3.44. The lowest BCUT2D eigenvalue weighted by atomic mass is 9.74. The van der Waals surface area contributed by atoms with Crippen LogP contribution in [-0.4, -0.2) is 7.12 Å². The molecule has 0 N–H and O–H groups in total. The summed E-state index contributed by atoms with van der Waals surface area (Å²) in [5.41, 5.74) is -13.6. The Kier molecular flexibility index (Phi) is 9.19. The molecule has 0 aliphatic heterocycles. The monoisotopic (exact) mass is 876 g/mol. The first-order chi connectivity index (χ1) is 27.3. The molecule has 0 atom stereocenters. The van der Waals surface area contributed by atoms with Gasteiger partial charge in [0, 0.05) is 16.5 Å². The average molecular weight is 876 g/mol. The maximum atomic E-state index is 16.0. The van der Waals surface area contributed by atoms with Crippen LogP contribution in [0.2, 0.25) is 0 Å². The van der Waals surface area contributed by atoms with Gasteiger partial charge in [0.2, 0.25) is 11.6 Å². The summed E-state index contributed by atoms with van der Waals surface area (Å²) in [6.07, 6.45) is 0. The molecule has 0 fully saturated rings. The molecule has 7 rings (SSSR count). The van der Waals surface area contributed by atoms with E-state index in [1.165, 1.54) is 0 Å². The van der Waals surface area contributed by atoms with Crippen LogP contribution in [0.15, 0.2) is 0 Å². The van der Waals surface area contributed by atoms with E-state index in [0.717, 1.165) is 0 Å². The molecular weight excluding hydrogens is 876 g/mol. The van der Waals surface area contributed by atoms with E-state index in [0.29, 0.717) is 0 Å². The number of hydrogen-bond acceptors (Lipinski definition) is 2. The molecule has 0 aromatic heterocycles. The third kappa shape index (κ3) is 5.18. The zero-order chi connectivity index (χ0) is 44.0. The number of alkyl halides is 2. The summed E-state index contributed by atoms with van der Waals surface area (Å²) in [6, 6.07) is 0. The minimum Gasteiger partial charge on any atom is -0.519 e. The summed E-state index contributed by atoms with van der Waals surface area (Å²) >= 11 is 0. The van der Waals surface area contributed by atoms with Gasteiger partial charge in [-0.2, -0.15) is 17.6 Å². The quantitative estimate of drug-likeness (QED) is 0.0744. The highest BCUT2D eigenvalue weighted by Gasteiger charge is 2.56. The summed E-state index contributed by atoms with van der Waals surface area (Å²) in [5.74, 6) is -77.4. The molecule has 6 aromatic rings. The molecule has 308 valence electrons. The molecule has 1 aliphatic rings. The van der Waals surface area contributed by atoms with Crippen molar-refractivity contribution in [1.29, 1.82) is 0 Å². The lowest BCUT2D eigenvalue weighted by molar-refractivity contribution is 0.0404. The van der Waals surface area contributed by atoms with Crippen LogP contribution in [0.3, 0.4) is 0 Å². The highest BCUT2D eigenvalue weighted by Crippen LogP contribution is 2.59. The zero-order valence-corrected chi connectivity index (χ0v) is 26.6. The first kappa shape index (κ1) is 41.1. The van der Waals surface area contributed by atoms with E-state index in [2.05, 4.69) is 9.31 Å². The van der Waals surface area contributed by atoms with Crippen molar-refractivity contribution in [3.8, 4) is 22.6 Å². The van der Waals surface area contributed by atoms with Crippen LogP contribution in [0.5, 0.6) is 11.5 Å². The fourth-order valence-electron chi connectivity index (χ4n) is 6.25. The summed E-state index contributed by atoms with van der Waals surface area (Å²) in [4.78, 5) is 0. The fourth-order valence-corrected chi connectivity index (χ4v) is 6.25. The Morgan fingerprint density at radius 2 is 0.576 bits per heavy atom. The van der Waals surface area contributed by atoms with Gasteiger partial charge in [0.25, 0.3) is 0 Å². The van der Waals surface area contributed by atoms with Gasteiger partial charge in [0.05, 0.1) is 32.7 Å². The first-order valence-corrected chi connectivity index (χ1v) is 14.8. The second-order valence-electron chi connectivity index (χ2n) is 11.8. The van der Waals surface area contributed by atoms with Gasteiger partial charge in [-0.15, -0.1) is 0 Å². The van der Waals surface area contributed by atoms with Crippen molar-refractivity contribution in [3.63, 3.8) is 0 Å². The van der Waals surface area contributed by atoms with Gasteiger partial charge in [0.15, 0.2) is 122 Å². The van der Waals surface area contributed by atoms with Crippen molar-refractivity contribution in [3.05, 3.63) is 133 Å². The predicted molar refractivity (Wildman–Crippen MR) is 149 cm³/mol. The molecule has 6 aromatic carbocycles. The highest BCUT2D eigenvalue weighted by atomic mass is 19.3. The fraction of sp³-hybridized carbons (Fsp3) is 0.0303. The van der Waals surface area contributed by atoms with E-state index in [4.69, 9.17) is 0 Å². The van der Waals surface area contributed by atoms with Gasteiger partial charge in [-0.05, 0) is 0 Å². The Morgan fingerprint density at radius 1 is 0.271 bits per heavy atom. The molecule has 0 radical (unpaired) electrons. The molecule has 0 heterocycles. The first-order valence-electron chi connectivity index (χ1n) is 14.8. The third-order valence-electron chi connectivity index (χ3n) is 8.79. The number of hydrogen-bond donors (Lipinski definition) is 0. The Morgan fingerprint density at radius 3 is 1.07 bits per heavy atom. The Balaban J connectivity index is 1.67. The van der Waals surface area contributed by atoms with Crippen molar-refractivity contribution >= 4 is 34.1 Å². The van der Waals surface area contributed by atoms with Gasteiger partial charge in [-0.25, -0.2) is 83.4 Å². The molecule has 0 spiro atoms. The Hall–Kier alpha value is -6.11. The summed E-state index contributed by atoms with van der Waals surface area (Å²) in [6.45, 7) is 0. The minimum atomic E-state index is -5.82. The van der Waals surface area contributed by atoms with Gasteiger partial charge in [-0.3, -0.25) is 0 Å². The second kappa shape index (κ2) is 13.2. The van der Waals surface area contributed by atoms with Crippen LogP contribution in [0.4, 0.5) is 101 Å². The lowest BCUT2D eigenvalue weighted by Gasteiger charge is -2.24. The normalized spacial score (nSPS) is 13.1. The molecule has 0 bridgehead atoms. The Bertz CT molecular complexity index is 2930. The molecular formula is C33BF23O2. The number of benzene rings is 6. The molecule has 0 amide bonds. The molecule has 0 unspecified atom stereocenters. The summed E-state index contributed by atoms with van der Waals surface area (Å²) in [7, 11) is -4.45. The van der Waals surface area contributed by atoms with Crippen molar-refractivity contribution in [2.45, 2.75) is 5.92 Å². The molecule has 0 saturated heterocycles. The molecule has 0 saturated carbocycles. The standard InChI is InChI=1S/C33BF23O2/c35-10-1-2-8(33(56,57)7(1)18(43)28(53)21(10)46)32(30(55)26(51)11(2)36)59-34(9-3-4(13(38)20(45)19(9)44)14(39)23(48)22(47)12(3)37)58-31-6-5(16(41)27(52)29(31)54)15(40)24(49)25(50)17(6)42. The van der Waals surface area contributed by atoms with Gasteiger partial charge in [0.1, 0.15) is 0 Å². The van der Waals surface area contributed by atoms with E-state index < -0.39 is 196 Å². The van der Waals surface area contributed by atoms with E-state index >= 15 is 43.9 Å². The van der Waals surface area contributed by atoms with Crippen LogP contribution >= 0.6 is 0 Å². The van der Waals surface area contributed by atoms with Crippen molar-refractivity contribution in [2.24, 2.45) is 0 Å². The predicted octanol–water partition coefficient (Wildman–Crippen LogP) is 10.9. The number of rotatable bonds is 5. The van der Waals surface area contributed by atoms with E-state index in [9.17, 15) is 57.1 Å². The van der Waals surface area contributed by atoms with E-state index in [1.54, 1.807) is 0 Å². The largest absolute Gasteiger partial charge is 0.636 e. The van der Waals surface area contributed by atoms with Crippen molar-refractivity contribution in [1.82, 2.24) is 0 Å². The molecule has 26 heteroatoms. The smallest absolute Gasteiger partial charge is 0.519 e. The molecule has 59 heavy (non-hydrogen) atoms. The highest BCUT2D eigenvalue weighted by molar-refractivity contribution is 6.66. The van der Waals surface area contributed by atoms with Crippen molar-refractivity contribution in [2.75, 3.05) is 0 Å². The SMILES string of the molecule is Fc1c(F)c(F)c2c(c1F)-c1c(F)c(F)c(F)c(OB(Oc3c(F)c(F)c(F)c4c(F)c(F)c(F)c(F)c34)c3c(F)c(F)c(F)c4c(F)c(F)c(F)c(F)c34)c1C2(F)F. The van der Waals surface area contributed by atoms with E-state index in [-0.39, 0.29) is 0 Å².